The number of carboxylic acid groups (broad SMARTS) is 1. The van der Waals surface area contributed by atoms with Crippen LogP contribution in [0.15, 0.2) is 58.1 Å². The molecule has 0 bridgehead atoms. The van der Waals surface area contributed by atoms with Gasteiger partial charge in [-0.05, 0) is 83.9 Å². The summed E-state index contributed by atoms with van der Waals surface area (Å²) in [6, 6.07) is 14.4. The van der Waals surface area contributed by atoms with Crippen LogP contribution < -0.4 is 11.1 Å². The molecular formula is C30H34N2O6. The first-order valence-corrected chi connectivity index (χ1v) is 12.6. The normalized spacial score (nSPS) is 11.1. The maximum absolute atomic E-state index is 12.5. The molecule has 2 aromatic carbocycles. The number of carboxylic acids is 1. The number of aromatic nitrogens is 2. The second-order valence-electron chi connectivity index (χ2n) is 9.69. The van der Waals surface area contributed by atoms with Crippen LogP contribution in [0.2, 0.25) is 0 Å². The molecule has 0 saturated heterocycles. The molecule has 2 heterocycles. The highest BCUT2D eigenvalue weighted by molar-refractivity contribution is 5.95. The van der Waals surface area contributed by atoms with Crippen LogP contribution in [0.3, 0.4) is 0 Å². The van der Waals surface area contributed by atoms with E-state index in [2.05, 4.69) is 0 Å². The maximum atomic E-state index is 12.5. The number of benzene rings is 2. The number of ether oxygens (including phenoxy) is 1. The van der Waals surface area contributed by atoms with Crippen molar-refractivity contribution < 1.29 is 19.4 Å². The summed E-state index contributed by atoms with van der Waals surface area (Å²) in [5, 5.41) is 10.8. The molecule has 0 radical (unpaired) electrons. The van der Waals surface area contributed by atoms with Crippen molar-refractivity contribution in [3.05, 3.63) is 91.5 Å². The molecule has 0 unspecified atom stereocenters. The first kappa shape index (κ1) is 28.4. The molecular weight excluding hydrogens is 484 g/mol. The van der Waals surface area contributed by atoms with Crippen LogP contribution in [0.25, 0.3) is 21.8 Å². The SMILES string of the molecule is CCOC(=O)c1cc2c(C)cccc2n(C(C)C)c1=O.Cc1cccc2c1cc(C(=O)O)c(=O)n2C(C)C. The Morgan fingerprint density at radius 2 is 1.21 bits per heavy atom. The van der Waals surface area contributed by atoms with Gasteiger partial charge in [-0.25, -0.2) is 9.59 Å². The van der Waals surface area contributed by atoms with E-state index < -0.39 is 17.5 Å². The van der Waals surface area contributed by atoms with Crippen LogP contribution in [0.5, 0.6) is 0 Å². The number of carbonyl (C=O) groups excluding carboxylic acids is 1. The molecule has 0 atom stereocenters. The van der Waals surface area contributed by atoms with Gasteiger partial charge in [0.15, 0.2) is 0 Å². The monoisotopic (exact) mass is 518 g/mol. The lowest BCUT2D eigenvalue weighted by molar-refractivity contribution is 0.0523. The number of hydrogen-bond donors (Lipinski definition) is 1. The van der Waals surface area contributed by atoms with Crippen molar-refractivity contribution in [2.45, 2.75) is 60.5 Å². The molecule has 0 aliphatic rings. The number of carbonyl (C=O) groups is 2. The Morgan fingerprint density at radius 1 is 0.789 bits per heavy atom. The number of fused-ring (bicyclic) bond motifs is 2. The smallest absolute Gasteiger partial charge is 0.343 e. The van der Waals surface area contributed by atoms with Gasteiger partial charge in [0.2, 0.25) is 0 Å². The van der Waals surface area contributed by atoms with Gasteiger partial charge >= 0.3 is 11.9 Å². The third kappa shape index (κ3) is 5.39. The van der Waals surface area contributed by atoms with Crippen molar-refractivity contribution in [3.63, 3.8) is 0 Å². The highest BCUT2D eigenvalue weighted by Gasteiger charge is 2.19. The molecule has 4 rings (SSSR count). The van der Waals surface area contributed by atoms with E-state index in [1.165, 1.54) is 10.6 Å². The Balaban J connectivity index is 0.000000212. The molecule has 0 amide bonds. The third-order valence-electron chi connectivity index (χ3n) is 6.36. The van der Waals surface area contributed by atoms with Gasteiger partial charge in [0.1, 0.15) is 11.1 Å². The van der Waals surface area contributed by atoms with Crippen LogP contribution in [-0.4, -0.2) is 32.8 Å². The minimum absolute atomic E-state index is 0.0267. The lowest BCUT2D eigenvalue weighted by Gasteiger charge is -2.16. The summed E-state index contributed by atoms with van der Waals surface area (Å²) in [4.78, 5) is 47.8. The minimum Gasteiger partial charge on any atom is -0.477 e. The summed E-state index contributed by atoms with van der Waals surface area (Å²) in [7, 11) is 0. The maximum Gasteiger partial charge on any atom is 0.343 e. The molecule has 0 fully saturated rings. The number of aromatic carboxylic acids is 1. The summed E-state index contributed by atoms with van der Waals surface area (Å²) >= 11 is 0. The highest BCUT2D eigenvalue weighted by atomic mass is 16.5. The second-order valence-corrected chi connectivity index (χ2v) is 9.69. The van der Waals surface area contributed by atoms with Crippen molar-refractivity contribution in [2.75, 3.05) is 6.61 Å². The number of esters is 1. The topological polar surface area (TPSA) is 108 Å². The van der Waals surface area contributed by atoms with Crippen molar-refractivity contribution in [1.82, 2.24) is 9.13 Å². The van der Waals surface area contributed by atoms with Crippen LogP contribution >= 0.6 is 0 Å². The second kappa shape index (κ2) is 11.5. The van der Waals surface area contributed by atoms with Crippen LogP contribution in [0.1, 0.15) is 78.5 Å². The van der Waals surface area contributed by atoms with E-state index in [1.54, 1.807) is 17.6 Å². The fourth-order valence-electron chi connectivity index (χ4n) is 4.55. The molecule has 2 aromatic heterocycles. The van der Waals surface area contributed by atoms with Gasteiger partial charge < -0.3 is 19.0 Å². The molecule has 0 aliphatic carbocycles. The molecule has 0 spiro atoms. The van der Waals surface area contributed by atoms with Crippen molar-refractivity contribution >= 4 is 33.7 Å². The summed E-state index contributed by atoms with van der Waals surface area (Å²) in [5.74, 6) is -1.74. The quantitative estimate of drug-likeness (QED) is 0.342. The molecule has 0 aliphatic heterocycles. The Labute approximate surface area is 221 Å². The summed E-state index contributed by atoms with van der Waals surface area (Å²) in [5.41, 5.74) is 2.80. The Kier molecular flexibility index (Phi) is 8.56. The zero-order chi connectivity index (χ0) is 28.3. The molecule has 200 valence electrons. The lowest BCUT2D eigenvalue weighted by atomic mass is 10.1. The van der Waals surface area contributed by atoms with E-state index in [0.29, 0.717) is 0 Å². The third-order valence-corrected chi connectivity index (χ3v) is 6.36. The minimum atomic E-state index is -1.18. The van der Waals surface area contributed by atoms with E-state index >= 15 is 0 Å². The average Bonchev–Trinajstić information content (AvgIpc) is 2.83. The van der Waals surface area contributed by atoms with Gasteiger partial charge in [-0.1, -0.05) is 24.3 Å². The largest absolute Gasteiger partial charge is 0.477 e. The van der Waals surface area contributed by atoms with E-state index in [4.69, 9.17) is 9.84 Å². The highest BCUT2D eigenvalue weighted by Crippen LogP contribution is 2.22. The van der Waals surface area contributed by atoms with E-state index in [9.17, 15) is 19.2 Å². The molecule has 8 heteroatoms. The number of hydrogen-bond acceptors (Lipinski definition) is 5. The number of nitrogens with zero attached hydrogens (tertiary/aromatic N) is 2. The molecule has 1 N–H and O–H groups in total. The number of aryl methyl sites for hydroxylation is 2. The molecule has 38 heavy (non-hydrogen) atoms. The van der Waals surface area contributed by atoms with E-state index in [-0.39, 0.29) is 35.4 Å². The first-order chi connectivity index (χ1) is 17.9. The van der Waals surface area contributed by atoms with Crippen molar-refractivity contribution in [1.29, 1.82) is 0 Å². The van der Waals surface area contributed by atoms with Gasteiger partial charge in [0.05, 0.1) is 17.6 Å². The van der Waals surface area contributed by atoms with Gasteiger partial charge in [-0.2, -0.15) is 0 Å². The van der Waals surface area contributed by atoms with Gasteiger partial charge in [0.25, 0.3) is 11.1 Å². The fraction of sp³-hybridized carbons (Fsp3) is 0.333. The van der Waals surface area contributed by atoms with Gasteiger partial charge in [0, 0.05) is 22.9 Å². The Morgan fingerprint density at radius 3 is 1.61 bits per heavy atom. The number of pyridine rings is 2. The predicted molar refractivity (Wildman–Crippen MR) is 150 cm³/mol. The van der Waals surface area contributed by atoms with Crippen molar-refractivity contribution in [3.8, 4) is 0 Å². The van der Waals surface area contributed by atoms with Crippen LogP contribution in [-0.2, 0) is 4.74 Å². The zero-order valence-corrected chi connectivity index (χ0v) is 22.9. The standard InChI is InChI=1S/C16H19NO3.C14H15NO3/c1-5-20-16(19)13-9-12-11(4)7-6-8-14(12)17(10(2)3)15(13)18;1-8(2)15-12-6-4-5-9(3)10(12)7-11(13(15)16)14(17)18/h6-10H,5H2,1-4H3;4-8H,1-3H3,(H,17,18). The summed E-state index contributed by atoms with van der Waals surface area (Å²) < 4.78 is 8.16. The zero-order valence-electron chi connectivity index (χ0n) is 22.9. The van der Waals surface area contributed by atoms with Gasteiger partial charge in [-0.15, -0.1) is 0 Å². The first-order valence-electron chi connectivity index (χ1n) is 12.6. The Bertz CT molecular complexity index is 1640. The summed E-state index contributed by atoms with van der Waals surface area (Å²) in [6.45, 7) is 13.5. The molecule has 0 saturated carbocycles. The average molecular weight is 519 g/mol. The molecule has 4 aromatic rings. The summed E-state index contributed by atoms with van der Waals surface area (Å²) in [6.07, 6.45) is 0. The van der Waals surface area contributed by atoms with Crippen LogP contribution in [0.4, 0.5) is 0 Å². The van der Waals surface area contributed by atoms with Crippen molar-refractivity contribution in [2.24, 2.45) is 0 Å². The lowest BCUT2D eigenvalue weighted by Crippen LogP contribution is -2.29. The van der Waals surface area contributed by atoms with E-state index in [0.717, 1.165) is 32.9 Å². The fourth-order valence-corrected chi connectivity index (χ4v) is 4.55. The Hall–Kier alpha value is -4.20. The molecule has 8 nitrogen and oxygen atoms in total. The van der Waals surface area contributed by atoms with E-state index in [1.807, 2.05) is 77.9 Å². The predicted octanol–water partition coefficient (Wildman–Crippen LogP) is 5.66. The van der Waals surface area contributed by atoms with Gasteiger partial charge in [-0.3, -0.25) is 9.59 Å². The van der Waals surface area contributed by atoms with Crippen LogP contribution in [0, 0.1) is 13.8 Å². The number of rotatable bonds is 5.